The van der Waals surface area contributed by atoms with E-state index in [2.05, 4.69) is 20.2 Å². The van der Waals surface area contributed by atoms with Crippen LogP contribution >= 0.6 is 11.3 Å². The highest BCUT2D eigenvalue weighted by Crippen LogP contribution is 2.20. The Hall–Kier alpha value is -1.88. The molecule has 24 heavy (non-hydrogen) atoms. The lowest BCUT2D eigenvalue weighted by molar-refractivity contribution is 0.102. The Morgan fingerprint density at radius 3 is 2.83 bits per heavy atom. The van der Waals surface area contributed by atoms with Gasteiger partial charge in [0.1, 0.15) is 0 Å². The van der Waals surface area contributed by atoms with Crippen LogP contribution in [-0.4, -0.2) is 44.8 Å². The number of hydrogen-bond acceptors (Lipinski definition) is 7. The van der Waals surface area contributed by atoms with E-state index in [4.69, 9.17) is 4.74 Å². The number of nitrogens with one attached hydrogen (secondary N) is 2. The Bertz CT molecular complexity index is 805. The van der Waals surface area contributed by atoms with Gasteiger partial charge in [0.05, 0.1) is 0 Å². The monoisotopic (exact) mass is 370 g/mol. The zero-order valence-corrected chi connectivity index (χ0v) is 14.9. The van der Waals surface area contributed by atoms with Crippen LogP contribution < -0.4 is 10.0 Å². The molecular weight excluding hydrogens is 352 g/mol. The average Bonchev–Trinajstić information content (AvgIpc) is 3.01. The van der Waals surface area contributed by atoms with Gasteiger partial charge in [0.15, 0.2) is 0 Å². The number of benzene rings is 1. The van der Waals surface area contributed by atoms with Crippen LogP contribution in [0.3, 0.4) is 0 Å². The van der Waals surface area contributed by atoms with E-state index in [9.17, 15) is 13.2 Å². The van der Waals surface area contributed by atoms with E-state index < -0.39 is 10.0 Å². The zero-order valence-electron chi connectivity index (χ0n) is 13.3. The first kappa shape index (κ1) is 18.5. The Morgan fingerprint density at radius 2 is 2.12 bits per heavy atom. The van der Waals surface area contributed by atoms with Gasteiger partial charge in [-0.25, -0.2) is 13.1 Å². The summed E-state index contributed by atoms with van der Waals surface area (Å²) in [5, 5.41) is 10.0. The molecule has 1 aromatic carbocycles. The lowest BCUT2D eigenvalue weighted by atomic mass is 10.1. The quantitative estimate of drug-likeness (QED) is 0.537. The Balaban J connectivity index is 2.01. The smallest absolute Gasteiger partial charge is 0.269 e. The number of nitrogens with zero attached hydrogens (tertiary/aromatic N) is 2. The minimum atomic E-state index is -3.74. The molecule has 0 spiro atoms. The SMILES string of the molecule is COCCCNS(=O)(=O)c1nnc(NC(=O)c2cccc(C)c2)s1. The molecule has 2 aromatic rings. The molecule has 1 aromatic heterocycles. The zero-order chi connectivity index (χ0) is 17.6. The summed E-state index contributed by atoms with van der Waals surface area (Å²) in [5.41, 5.74) is 1.41. The number of amides is 1. The molecule has 130 valence electrons. The summed E-state index contributed by atoms with van der Waals surface area (Å²) >= 11 is 0.795. The van der Waals surface area contributed by atoms with Gasteiger partial charge in [0, 0.05) is 25.8 Å². The Morgan fingerprint density at radius 1 is 1.33 bits per heavy atom. The molecule has 10 heteroatoms. The van der Waals surface area contributed by atoms with Crippen LogP contribution in [0.4, 0.5) is 5.13 Å². The van der Waals surface area contributed by atoms with E-state index in [1.165, 1.54) is 0 Å². The van der Waals surface area contributed by atoms with E-state index in [0.29, 0.717) is 18.6 Å². The lowest BCUT2D eigenvalue weighted by Crippen LogP contribution is -2.25. The molecule has 1 heterocycles. The third-order valence-corrected chi connectivity index (χ3v) is 5.62. The fourth-order valence-corrected chi connectivity index (χ4v) is 3.82. The molecule has 0 bridgehead atoms. The molecule has 0 atom stereocenters. The molecule has 0 saturated heterocycles. The van der Waals surface area contributed by atoms with Gasteiger partial charge >= 0.3 is 0 Å². The number of rotatable bonds is 8. The van der Waals surface area contributed by atoms with Crippen LogP contribution in [0.25, 0.3) is 0 Å². The van der Waals surface area contributed by atoms with E-state index >= 15 is 0 Å². The Labute approximate surface area is 144 Å². The average molecular weight is 370 g/mol. The van der Waals surface area contributed by atoms with Gasteiger partial charge in [-0.05, 0) is 25.5 Å². The Kier molecular flexibility index (Phi) is 6.37. The van der Waals surface area contributed by atoms with Crippen LogP contribution in [0.5, 0.6) is 0 Å². The molecule has 0 aliphatic carbocycles. The largest absolute Gasteiger partial charge is 0.385 e. The lowest BCUT2D eigenvalue weighted by Gasteiger charge is -2.03. The predicted octanol–water partition coefficient (Wildman–Crippen LogP) is 1.41. The highest BCUT2D eigenvalue weighted by Gasteiger charge is 2.20. The van der Waals surface area contributed by atoms with Gasteiger partial charge < -0.3 is 4.74 Å². The number of sulfonamides is 1. The minimum Gasteiger partial charge on any atom is -0.385 e. The van der Waals surface area contributed by atoms with Gasteiger partial charge in [-0.3, -0.25) is 10.1 Å². The molecule has 2 N–H and O–H groups in total. The maximum absolute atomic E-state index is 12.1. The molecule has 0 aliphatic rings. The first-order chi connectivity index (χ1) is 11.4. The number of carbonyl (C=O) groups is 1. The molecule has 0 radical (unpaired) electrons. The summed E-state index contributed by atoms with van der Waals surface area (Å²) < 4.78 is 31.2. The number of aryl methyl sites for hydroxylation is 1. The minimum absolute atomic E-state index is 0.124. The van der Waals surface area contributed by atoms with Crippen molar-refractivity contribution < 1.29 is 17.9 Å². The summed E-state index contributed by atoms with van der Waals surface area (Å²) in [6.45, 7) is 2.57. The summed E-state index contributed by atoms with van der Waals surface area (Å²) in [6, 6.07) is 7.04. The van der Waals surface area contributed by atoms with Crippen molar-refractivity contribution in [2.75, 3.05) is 25.6 Å². The molecule has 8 nitrogen and oxygen atoms in total. The van der Waals surface area contributed by atoms with Gasteiger partial charge in [-0.2, -0.15) is 0 Å². The van der Waals surface area contributed by atoms with Gasteiger partial charge in [0.25, 0.3) is 15.9 Å². The van der Waals surface area contributed by atoms with Crippen LogP contribution in [0.2, 0.25) is 0 Å². The van der Waals surface area contributed by atoms with Crippen molar-refractivity contribution in [2.24, 2.45) is 0 Å². The third kappa shape index (κ3) is 5.06. The van der Waals surface area contributed by atoms with E-state index in [0.717, 1.165) is 16.9 Å². The normalized spacial score (nSPS) is 11.4. The van der Waals surface area contributed by atoms with Crippen LogP contribution in [-0.2, 0) is 14.8 Å². The molecule has 2 rings (SSSR count). The van der Waals surface area contributed by atoms with Crippen molar-refractivity contribution in [3.63, 3.8) is 0 Å². The van der Waals surface area contributed by atoms with Gasteiger partial charge in [-0.1, -0.05) is 29.0 Å². The summed E-state index contributed by atoms with van der Waals surface area (Å²) in [5.74, 6) is -0.369. The number of methoxy groups -OCH3 is 1. The van der Waals surface area contributed by atoms with Crippen molar-refractivity contribution in [2.45, 2.75) is 17.7 Å². The van der Waals surface area contributed by atoms with Gasteiger partial charge in [-0.15, -0.1) is 10.2 Å². The highest BCUT2D eigenvalue weighted by molar-refractivity contribution is 7.91. The fraction of sp³-hybridized carbons (Fsp3) is 0.357. The van der Waals surface area contributed by atoms with Crippen LogP contribution in [0.15, 0.2) is 28.6 Å². The summed E-state index contributed by atoms with van der Waals surface area (Å²) in [6.07, 6.45) is 0.547. The summed E-state index contributed by atoms with van der Waals surface area (Å²) in [7, 11) is -2.19. The molecule has 0 fully saturated rings. The van der Waals surface area contributed by atoms with Crippen molar-refractivity contribution >= 4 is 32.4 Å². The van der Waals surface area contributed by atoms with Crippen LogP contribution in [0.1, 0.15) is 22.3 Å². The van der Waals surface area contributed by atoms with E-state index in [1.807, 2.05) is 13.0 Å². The first-order valence-electron chi connectivity index (χ1n) is 7.12. The molecular formula is C14H18N4O4S2. The maximum Gasteiger partial charge on any atom is 0.269 e. The molecule has 1 amide bonds. The number of hydrogen-bond donors (Lipinski definition) is 2. The molecule has 0 aliphatic heterocycles. The number of anilines is 1. The number of ether oxygens (including phenoxy) is 1. The number of carbonyl (C=O) groups excluding carboxylic acids is 1. The maximum atomic E-state index is 12.1. The first-order valence-corrected chi connectivity index (χ1v) is 9.42. The second-order valence-electron chi connectivity index (χ2n) is 4.94. The van der Waals surface area contributed by atoms with Crippen molar-refractivity contribution in [3.05, 3.63) is 35.4 Å². The number of aromatic nitrogens is 2. The molecule has 0 unspecified atom stereocenters. The van der Waals surface area contributed by atoms with E-state index in [1.54, 1.807) is 25.3 Å². The van der Waals surface area contributed by atoms with Gasteiger partial charge in [0.2, 0.25) is 9.47 Å². The third-order valence-electron chi connectivity index (χ3n) is 2.95. The van der Waals surface area contributed by atoms with Crippen molar-refractivity contribution in [3.8, 4) is 0 Å². The fourth-order valence-electron chi connectivity index (χ4n) is 1.81. The standard InChI is InChI=1S/C14H18N4O4S2/c1-10-5-3-6-11(9-10)12(19)16-13-17-18-14(23-13)24(20,21)15-7-4-8-22-2/h3,5-6,9,15H,4,7-8H2,1-2H3,(H,16,17,19). The van der Waals surface area contributed by atoms with Crippen LogP contribution in [0, 0.1) is 6.92 Å². The van der Waals surface area contributed by atoms with E-state index in [-0.39, 0.29) is 21.9 Å². The van der Waals surface area contributed by atoms with Crippen molar-refractivity contribution in [1.82, 2.24) is 14.9 Å². The predicted molar refractivity (Wildman–Crippen MR) is 90.7 cm³/mol. The second kappa shape index (κ2) is 8.29. The second-order valence-corrected chi connectivity index (χ2v) is 7.86. The highest BCUT2D eigenvalue weighted by atomic mass is 32.2. The van der Waals surface area contributed by atoms with Crippen molar-refractivity contribution in [1.29, 1.82) is 0 Å². The topological polar surface area (TPSA) is 110 Å². The molecule has 0 saturated carbocycles. The summed E-state index contributed by atoms with van der Waals surface area (Å²) in [4.78, 5) is 12.1.